The normalized spacial score (nSPS) is 15.7. The number of nitrogens with zero attached hydrogens (tertiary/aromatic N) is 6. The van der Waals surface area contributed by atoms with Crippen molar-refractivity contribution < 1.29 is 13.9 Å². The molecule has 1 aliphatic carbocycles. The van der Waals surface area contributed by atoms with Gasteiger partial charge in [0.2, 0.25) is 11.9 Å². The van der Waals surface area contributed by atoms with Crippen molar-refractivity contribution in [1.29, 1.82) is 0 Å². The molecule has 0 radical (unpaired) electrons. The Labute approximate surface area is 233 Å². The average molecular weight is 549 g/mol. The summed E-state index contributed by atoms with van der Waals surface area (Å²) in [5.74, 6) is 0.783. The first kappa shape index (κ1) is 27.6. The predicted octanol–water partition coefficient (Wildman–Crippen LogP) is 2.63. The van der Waals surface area contributed by atoms with Crippen LogP contribution >= 0.6 is 0 Å². The maximum absolute atomic E-state index is 13.5. The summed E-state index contributed by atoms with van der Waals surface area (Å²) in [5.41, 5.74) is 0.0932. The predicted molar refractivity (Wildman–Crippen MR) is 153 cm³/mol. The highest BCUT2D eigenvalue weighted by Crippen LogP contribution is 2.24. The molecule has 2 aromatic heterocycles. The van der Waals surface area contributed by atoms with Gasteiger partial charge in [0.05, 0.1) is 22.7 Å². The highest BCUT2D eigenvalue weighted by Gasteiger charge is 2.29. The fourth-order valence-corrected chi connectivity index (χ4v) is 5.23. The number of hydrogen-bond donors (Lipinski definition) is 0. The van der Waals surface area contributed by atoms with Crippen molar-refractivity contribution in [2.75, 3.05) is 29.9 Å². The summed E-state index contributed by atoms with van der Waals surface area (Å²) in [4.78, 5) is 38.8. The largest absolute Gasteiger partial charge is 0.443 e. The van der Waals surface area contributed by atoms with Gasteiger partial charge < -0.3 is 19.1 Å². The van der Waals surface area contributed by atoms with E-state index >= 15 is 0 Å². The minimum Gasteiger partial charge on any atom is -0.443 e. The van der Waals surface area contributed by atoms with E-state index in [0.717, 1.165) is 61.0 Å². The van der Waals surface area contributed by atoms with Crippen LogP contribution in [0.3, 0.4) is 0 Å². The molecule has 3 heterocycles. The number of benzene rings is 1. The smallest absolute Gasteiger partial charge is 0.312 e. The van der Waals surface area contributed by atoms with Gasteiger partial charge in [-0.15, -0.1) is 0 Å². The summed E-state index contributed by atoms with van der Waals surface area (Å²) in [6.07, 6.45) is 9.55. The number of imidazole rings is 1. The van der Waals surface area contributed by atoms with Crippen molar-refractivity contribution in [3.63, 3.8) is 0 Å². The van der Waals surface area contributed by atoms with Gasteiger partial charge >= 0.3 is 5.97 Å². The summed E-state index contributed by atoms with van der Waals surface area (Å²) in [6.45, 7) is 7.34. The van der Waals surface area contributed by atoms with Crippen molar-refractivity contribution >= 4 is 30.0 Å². The topological polar surface area (TPSA) is 85.5 Å². The zero-order valence-electron chi connectivity index (χ0n) is 23.6. The Kier molecular flexibility index (Phi) is 7.78. The number of esters is 1. The van der Waals surface area contributed by atoms with Crippen LogP contribution in [0.1, 0.15) is 52.0 Å². The molecule has 5 rings (SSSR count). The van der Waals surface area contributed by atoms with Gasteiger partial charge in [-0.2, -0.15) is 0 Å². The van der Waals surface area contributed by atoms with Crippen LogP contribution in [0.15, 0.2) is 41.3 Å². The van der Waals surface area contributed by atoms with E-state index in [0.29, 0.717) is 12.5 Å². The molecule has 0 atom stereocenters. The zero-order chi connectivity index (χ0) is 28.4. The lowest BCUT2D eigenvalue weighted by Crippen LogP contribution is -2.46. The number of carbonyl (C=O) groups excluding carboxylic acids is 1. The maximum Gasteiger partial charge on any atom is 0.312 e. The van der Waals surface area contributed by atoms with Gasteiger partial charge in [0.15, 0.2) is 6.73 Å². The van der Waals surface area contributed by atoms with Crippen molar-refractivity contribution in [2.45, 2.75) is 65.8 Å². The van der Waals surface area contributed by atoms with E-state index in [1.54, 1.807) is 20.8 Å². The lowest BCUT2D eigenvalue weighted by Gasteiger charge is -2.38. The Bertz CT molecular complexity index is 1550. The summed E-state index contributed by atoms with van der Waals surface area (Å²) >= 11 is 0. The first-order valence-electron chi connectivity index (χ1n) is 13.8. The molecular formula is C30H37FN6O3. The van der Waals surface area contributed by atoms with Crippen LogP contribution in [0.25, 0.3) is 12.2 Å². The number of ether oxygens (including phenoxy) is 1. The SMILES string of the molecule is CN(c1nccc(=O)n1COC(=O)C(C)(C)C)C1CCN(c2nc3c(n2Cc2ccc(F)cc2)=CCCC=3)CC1. The quantitative estimate of drug-likeness (QED) is 0.420. The first-order valence-corrected chi connectivity index (χ1v) is 13.8. The first-order chi connectivity index (χ1) is 19.1. The Morgan fingerprint density at radius 2 is 1.77 bits per heavy atom. The lowest BCUT2D eigenvalue weighted by atomic mass is 9.98. The Morgan fingerprint density at radius 3 is 2.48 bits per heavy atom. The molecule has 1 saturated heterocycles. The number of rotatable bonds is 7. The Balaban J connectivity index is 1.33. The third-order valence-corrected chi connectivity index (χ3v) is 7.57. The van der Waals surface area contributed by atoms with E-state index in [9.17, 15) is 14.0 Å². The van der Waals surface area contributed by atoms with Crippen molar-refractivity contribution in [3.05, 3.63) is 69.0 Å². The fraction of sp³-hybridized carbons (Fsp3) is 0.467. The molecule has 2 aliphatic rings. The molecule has 0 N–H and O–H groups in total. The third-order valence-electron chi connectivity index (χ3n) is 7.57. The van der Waals surface area contributed by atoms with Gasteiger partial charge in [0.1, 0.15) is 5.82 Å². The molecule has 9 nitrogen and oxygen atoms in total. The van der Waals surface area contributed by atoms with Crippen LogP contribution in [0, 0.1) is 11.2 Å². The molecule has 1 aromatic carbocycles. The van der Waals surface area contributed by atoms with E-state index < -0.39 is 5.41 Å². The van der Waals surface area contributed by atoms with Gasteiger partial charge in [-0.3, -0.25) is 9.59 Å². The third kappa shape index (κ3) is 5.80. The molecule has 0 amide bonds. The molecule has 40 heavy (non-hydrogen) atoms. The van der Waals surface area contributed by atoms with Crippen LogP contribution in [-0.2, 0) is 22.8 Å². The Morgan fingerprint density at radius 1 is 1.07 bits per heavy atom. The standard InChI is InChI=1S/C30H37FN6O3/c1-30(2,3)27(39)40-20-37-26(38)13-16-32-28(37)34(4)23-14-17-35(18-15-23)29-33-24-7-5-6-8-25(24)36(29)19-21-9-11-22(31)12-10-21/h7-13,16,23H,5-6,14-15,17-20H2,1-4H3. The second-order valence-electron chi connectivity index (χ2n) is 11.5. The Hall–Kier alpha value is -3.95. The zero-order valence-corrected chi connectivity index (χ0v) is 23.6. The minimum atomic E-state index is -0.665. The van der Waals surface area contributed by atoms with Gasteiger partial charge in [-0.25, -0.2) is 18.9 Å². The number of anilines is 2. The molecule has 10 heteroatoms. The summed E-state index contributed by atoms with van der Waals surface area (Å²) in [7, 11) is 1.93. The summed E-state index contributed by atoms with van der Waals surface area (Å²) in [6, 6.07) is 8.16. The van der Waals surface area contributed by atoms with Crippen LogP contribution in [0.4, 0.5) is 16.3 Å². The number of carbonyl (C=O) groups is 1. The van der Waals surface area contributed by atoms with Crippen LogP contribution < -0.4 is 26.1 Å². The summed E-state index contributed by atoms with van der Waals surface area (Å²) < 4.78 is 22.6. The number of fused-ring (bicyclic) bond motifs is 1. The highest BCUT2D eigenvalue weighted by atomic mass is 19.1. The fourth-order valence-electron chi connectivity index (χ4n) is 5.23. The van der Waals surface area contributed by atoms with Crippen molar-refractivity contribution in [2.24, 2.45) is 5.41 Å². The van der Waals surface area contributed by atoms with Crippen LogP contribution in [0.5, 0.6) is 0 Å². The monoisotopic (exact) mass is 548 g/mol. The number of aromatic nitrogens is 4. The van der Waals surface area contributed by atoms with Gasteiger partial charge in [-0.1, -0.05) is 24.3 Å². The molecule has 3 aromatic rings. The van der Waals surface area contributed by atoms with Gasteiger partial charge in [0, 0.05) is 38.4 Å². The van der Waals surface area contributed by atoms with E-state index in [2.05, 4.69) is 26.6 Å². The number of hydrogen-bond acceptors (Lipinski definition) is 7. The second kappa shape index (κ2) is 11.3. The molecule has 0 saturated carbocycles. The number of piperidine rings is 1. The van der Waals surface area contributed by atoms with Crippen molar-refractivity contribution in [3.8, 4) is 0 Å². The average Bonchev–Trinajstić information content (AvgIpc) is 3.30. The van der Waals surface area contributed by atoms with Crippen LogP contribution in [0.2, 0.25) is 0 Å². The van der Waals surface area contributed by atoms with Gasteiger partial charge in [0.25, 0.3) is 5.56 Å². The van der Waals surface area contributed by atoms with Crippen LogP contribution in [-0.4, -0.2) is 51.3 Å². The van der Waals surface area contributed by atoms with E-state index in [4.69, 9.17) is 9.72 Å². The lowest BCUT2D eigenvalue weighted by molar-refractivity contribution is -0.157. The van der Waals surface area contributed by atoms with E-state index in [1.807, 2.05) is 24.1 Å². The molecule has 1 fully saturated rings. The molecule has 0 spiro atoms. The van der Waals surface area contributed by atoms with Crippen molar-refractivity contribution in [1.82, 2.24) is 19.1 Å². The molecule has 0 bridgehead atoms. The minimum absolute atomic E-state index is 0.142. The van der Waals surface area contributed by atoms with E-state index in [1.165, 1.54) is 29.0 Å². The highest BCUT2D eigenvalue weighted by molar-refractivity contribution is 5.75. The second-order valence-corrected chi connectivity index (χ2v) is 11.5. The molecule has 212 valence electrons. The maximum atomic E-state index is 13.5. The molecular weight excluding hydrogens is 511 g/mol. The summed E-state index contributed by atoms with van der Waals surface area (Å²) in [5, 5.41) is 2.12. The van der Waals surface area contributed by atoms with E-state index in [-0.39, 0.29) is 30.1 Å². The molecule has 1 aliphatic heterocycles. The number of halogens is 1. The molecule has 0 unspecified atom stereocenters. The van der Waals surface area contributed by atoms with Gasteiger partial charge in [-0.05, 0) is 64.2 Å².